The Hall–Kier alpha value is -0.730. The second kappa shape index (κ2) is 4.38. The molecule has 0 aromatic rings. The van der Waals surface area contributed by atoms with Crippen LogP contribution >= 0.6 is 0 Å². The predicted octanol–water partition coefficient (Wildman–Crippen LogP) is 0.129. The van der Waals surface area contributed by atoms with Crippen LogP contribution in [0.5, 0.6) is 0 Å². The molecule has 5 atom stereocenters. The van der Waals surface area contributed by atoms with E-state index in [9.17, 15) is 4.79 Å². The third kappa shape index (κ3) is 2.23. The number of hydrogen-bond acceptors (Lipinski definition) is 6. The normalized spacial score (nSPS) is 44.8. The minimum Gasteiger partial charge on any atom is -0.357 e. The minimum absolute atomic E-state index is 0.256. The van der Waals surface area contributed by atoms with Crippen molar-refractivity contribution in [2.24, 2.45) is 0 Å². The topological polar surface area (TPSA) is 75.3 Å². The van der Waals surface area contributed by atoms with E-state index in [-0.39, 0.29) is 5.91 Å². The second-order valence-corrected chi connectivity index (χ2v) is 6.20. The van der Waals surface area contributed by atoms with Crippen molar-refractivity contribution in [2.75, 3.05) is 7.05 Å². The summed E-state index contributed by atoms with van der Waals surface area (Å²) in [6.07, 6.45) is -2.72. The van der Waals surface area contributed by atoms with Gasteiger partial charge in [0.1, 0.15) is 18.3 Å². The molecule has 0 spiro atoms. The van der Waals surface area contributed by atoms with Crippen molar-refractivity contribution < 1.29 is 28.5 Å². The third-order valence-electron chi connectivity index (χ3n) is 3.66. The lowest BCUT2D eigenvalue weighted by Gasteiger charge is -2.36. The Balaban J connectivity index is 1.90. The van der Waals surface area contributed by atoms with Crippen molar-refractivity contribution in [3.8, 4) is 0 Å². The monoisotopic (exact) mass is 287 g/mol. The van der Waals surface area contributed by atoms with Crippen LogP contribution in [0.4, 0.5) is 0 Å². The first kappa shape index (κ1) is 14.2. The van der Waals surface area contributed by atoms with Gasteiger partial charge < -0.3 is 29.0 Å². The van der Waals surface area contributed by atoms with Gasteiger partial charge in [-0.3, -0.25) is 4.79 Å². The van der Waals surface area contributed by atoms with Crippen LogP contribution in [-0.2, 0) is 28.5 Å². The number of likely N-dealkylation sites (N-methyl/N-ethyl adjacent to an activating group) is 1. The number of hydrogen-bond donors (Lipinski definition) is 1. The number of ether oxygens (including phenoxy) is 5. The first-order valence-electron chi connectivity index (χ1n) is 6.81. The van der Waals surface area contributed by atoms with Gasteiger partial charge in [-0.25, -0.2) is 0 Å². The highest BCUT2D eigenvalue weighted by molar-refractivity contribution is 5.81. The molecular weight excluding hydrogens is 266 g/mol. The van der Waals surface area contributed by atoms with Crippen LogP contribution < -0.4 is 5.32 Å². The van der Waals surface area contributed by atoms with Gasteiger partial charge in [-0.2, -0.15) is 0 Å². The molecule has 3 fully saturated rings. The van der Waals surface area contributed by atoms with E-state index in [1.807, 2.05) is 13.8 Å². The number of nitrogens with one attached hydrogen (secondary N) is 1. The Bertz CT molecular complexity index is 423. The molecule has 1 amide bonds. The van der Waals surface area contributed by atoms with Crippen LogP contribution in [0.1, 0.15) is 27.7 Å². The van der Waals surface area contributed by atoms with Gasteiger partial charge in [-0.15, -0.1) is 0 Å². The summed E-state index contributed by atoms with van der Waals surface area (Å²) in [6, 6.07) is 0. The molecule has 7 nitrogen and oxygen atoms in total. The molecule has 0 radical (unpaired) electrons. The van der Waals surface area contributed by atoms with Gasteiger partial charge in [0.15, 0.2) is 24.0 Å². The average molecular weight is 287 g/mol. The van der Waals surface area contributed by atoms with Gasteiger partial charge in [-0.05, 0) is 27.7 Å². The molecule has 1 N–H and O–H groups in total. The van der Waals surface area contributed by atoms with E-state index in [2.05, 4.69) is 5.32 Å². The molecule has 0 aromatic heterocycles. The fourth-order valence-corrected chi connectivity index (χ4v) is 2.97. The average Bonchev–Trinajstić information content (AvgIpc) is 2.81. The molecule has 3 aliphatic rings. The van der Waals surface area contributed by atoms with E-state index in [0.29, 0.717) is 0 Å². The van der Waals surface area contributed by atoms with Gasteiger partial charge in [0, 0.05) is 7.05 Å². The Labute approximate surface area is 117 Å². The quantitative estimate of drug-likeness (QED) is 0.739. The summed E-state index contributed by atoms with van der Waals surface area (Å²) in [5.41, 5.74) is 0. The molecule has 3 aliphatic heterocycles. The van der Waals surface area contributed by atoms with E-state index >= 15 is 0 Å². The van der Waals surface area contributed by atoms with Crippen molar-refractivity contribution in [2.45, 2.75) is 70.0 Å². The summed E-state index contributed by atoms with van der Waals surface area (Å²) in [5, 5.41) is 2.58. The standard InChI is InChI=1S/C13H21NO6/c1-12(2)17-6-7(18-12)9-11(20-13(3,4)19-9)16-8(6)10(15)14-5/h6-9,11H,1-5H3,(H,14,15)/t6-,7+,8+,9+,11+/m0/s1. The minimum atomic E-state index is -0.782. The van der Waals surface area contributed by atoms with E-state index < -0.39 is 42.3 Å². The van der Waals surface area contributed by atoms with E-state index in [1.165, 1.54) is 0 Å². The zero-order valence-electron chi connectivity index (χ0n) is 12.3. The van der Waals surface area contributed by atoms with Crippen LogP contribution in [0, 0.1) is 0 Å². The molecule has 3 heterocycles. The third-order valence-corrected chi connectivity index (χ3v) is 3.66. The van der Waals surface area contributed by atoms with Gasteiger partial charge >= 0.3 is 0 Å². The van der Waals surface area contributed by atoms with Crippen molar-refractivity contribution in [3.05, 3.63) is 0 Å². The predicted molar refractivity (Wildman–Crippen MR) is 66.6 cm³/mol. The summed E-state index contributed by atoms with van der Waals surface area (Å²) in [5.74, 6) is -1.81. The lowest BCUT2D eigenvalue weighted by Crippen LogP contribution is -2.59. The Kier molecular flexibility index (Phi) is 3.11. The molecule has 3 rings (SSSR count). The Morgan fingerprint density at radius 3 is 2.10 bits per heavy atom. The van der Waals surface area contributed by atoms with Crippen LogP contribution in [0.3, 0.4) is 0 Å². The molecule has 0 bridgehead atoms. The number of fused-ring (bicyclic) bond motifs is 3. The van der Waals surface area contributed by atoms with Gasteiger partial charge in [-0.1, -0.05) is 0 Å². The fraction of sp³-hybridized carbons (Fsp3) is 0.923. The van der Waals surface area contributed by atoms with E-state index in [1.54, 1.807) is 20.9 Å². The SMILES string of the molecule is CNC(=O)[C@@H]1O[C@@H]2OC(C)(C)O[C@@H]2[C@@H]2OC(C)(C)O[C@@H]21. The molecule has 0 aromatic carbocycles. The first-order valence-corrected chi connectivity index (χ1v) is 6.81. The summed E-state index contributed by atoms with van der Waals surface area (Å²) < 4.78 is 29.0. The lowest BCUT2D eigenvalue weighted by molar-refractivity contribution is -0.231. The van der Waals surface area contributed by atoms with Gasteiger partial charge in [0.2, 0.25) is 0 Å². The maximum Gasteiger partial charge on any atom is 0.251 e. The molecule has 20 heavy (non-hydrogen) atoms. The number of carbonyl (C=O) groups is 1. The van der Waals surface area contributed by atoms with Crippen LogP contribution in [0.2, 0.25) is 0 Å². The summed E-state index contributed by atoms with van der Waals surface area (Å²) in [7, 11) is 1.56. The molecule has 3 saturated heterocycles. The van der Waals surface area contributed by atoms with Crippen LogP contribution in [0.25, 0.3) is 0 Å². The maximum absolute atomic E-state index is 12.0. The van der Waals surface area contributed by atoms with Crippen molar-refractivity contribution in [3.63, 3.8) is 0 Å². The van der Waals surface area contributed by atoms with Crippen LogP contribution in [0.15, 0.2) is 0 Å². The van der Waals surface area contributed by atoms with Crippen molar-refractivity contribution in [1.29, 1.82) is 0 Å². The van der Waals surface area contributed by atoms with Crippen molar-refractivity contribution >= 4 is 5.91 Å². The lowest BCUT2D eigenvalue weighted by atomic mass is 9.98. The Morgan fingerprint density at radius 1 is 0.900 bits per heavy atom. The number of amides is 1. The first-order chi connectivity index (χ1) is 9.22. The number of rotatable bonds is 1. The van der Waals surface area contributed by atoms with Gasteiger partial charge in [0.05, 0.1) is 0 Å². The molecule has 114 valence electrons. The number of carbonyl (C=O) groups excluding carboxylic acids is 1. The molecule has 0 saturated carbocycles. The van der Waals surface area contributed by atoms with Crippen molar-refractivity contribution in [1.82, 2.24) is 5.32 Å². The molecule has 7 heteroatoms. The summed E-state index contributed by atoms with van der Waals surface area (Å²) >= 11 is 0. The van der Waals surface area contributed by atoms with E-state index in [0.717, 1.165) is 0 Å². The highest BCUT2D eigenvalue weighted by Crippen LogP contribution is 2.44. The Morgan fingerprint density at radius 2 is 1.45 bits per heavy atom. The highest BCUT2D eigenvalue weighted by atomic mass is 16.9. The summed E-state index contributed by atoms with van der Waals surface area (Å²) in [4.78, 5) is 12.0. The second-order valence-electron chi connectivity index (χ2n) is 6.20. The maximum atomic E-state index is 12.0. The van der Waals surface area contributed by atoms with Crippen LogP contribution in [-0.4, -0.2) is 55.2 Å². The molecule has 0 unspecified atom stereocenters. The smallest absolute Gasteiger partial charge is 0.251 e. The fourth-order valence-electron chi connectivity index (χ4n) is 2.97. The van der Waals surface area contributed by atoms with Gasteiger partial charge in [0.25, 0.3) is 5.91 Å². The summed E-state index contributed by atoms with van der Waals surface area (Å²) in [6.45, 7) is 7.23. The highest BCUT2D eigenvalue weighted by Gasteiger charge is 2.61. The largest absolute Gasteiger partial charge is 0.357 e. The van der Waals surface area contributed by atoms with E-state index in [4.69, 9.17) is 23.7 Å². The zero-order chi connectivity index (χ0) is 14.7. The zero-order valence-corrected chi connectivity index (χ0v) is 12.3. The molecular formula is C13H21NO6. The molecule has 0 aliphatic carbocycles.